The number of thioether (sulfide) groups is 1. The van der Waals surface area contributed by atoms with Gasteiger partial charge in [-0.25, -0.2) is 4.79 Å². The van der Waals surface area contributed by atoms with Crippen LogP contribution in [0.15, 0.2) is 24.3 Å². The number of hydrogen-bond acceptors (Lipinski definition) is 4. The molecule has 0 spiro atoms. The molecule has 2 aliphatic rings. The number of benzene rings is 1. The predicted octanol–water partition coefficient (Wildman–Crippen LogP) is 1.48. The molecule has 0 aliphatic carbocycles. The second kappa shape index (κ2) is 5.38. The zero-order chi connectivity index (χ0) is 12.0. The van der Waals surface area contributed by atoms with Crippen molar-refractivity contribution < 1.29 is 14.6 Å². The minimum atomic E-state index is -0.856. The molecule has 0 saturated carbocycles. The predicted molar refractivity (Wildman–Crippen MR) is 73.9 cm³/mol. The van der Waals surface area contributed by atoms with Crippen LogP contribution in [-0.4, -0.2) is 62.5 Å². The minimum Gasteiger partial charge on any atom is -0.480 e. The number of nitrogens with zero attached hydrogens (tertiary/aromatic N) is 1. The Hall–Kier alpha value is -0.270. The summed E-state index contributed by atoms with van der Waals surface area (Å²) in [6, 6.07) is 7.01. The van der Waals surface area contributed by atoms with Crippen molar-refractivity contribution in [1.82, 2.24) is 4.90 Å². The van der Waals surface area contributed by atoms with Crippen molar-refractivity contribution in [3.8, 4) is 5.75 Å². The molecule has 1 saturated heterocycles. The van der Waals surface area contributed by atoms with Gasteiger partial charge in [-0.1, -0.05) is 18.2 Å². The van der Waals surface area contributed by atoms with Gasteiger partial charge < -0.3 is 14.7 Å². The van der Waals surface area contributed by atoms with Crippen LogP contribution in [0.1, 0.15) is 10.9 Å². The van der Waals surface area contributed by atoms with Crippen LogP contribution in [-0.2, 0) is 4.79 Å². The van der Waals surface area contributed by atoms with Crippen LogP contribution in [0.5, 0.6) is 5.75 Å². The first-order valence-corrected chi connectivity index (χ1v) is 6.57. The molecule has 1 radical (unpaired) electrons. The van der Waals surface area contributed by atoms with Crippen LogP contribution < -0.4 is 4.74 Å². The third-order valence-corrected chi connectivity index (χ3v) is 4.48. The van der Waals surface area contributed by atoms with Crippen LogP contribution >= 0.6 is 24.0 Å². The fraction of sp³-hybridized carbons (Fsp3) is 0.273. The van der Waals surface area contributed by atoms with Gasteiger partial charge in [-0.15, -0.1) is 11.8 Å². The van der Waals surface area contributed by atoms with E-state index in [0.29, 0.717) is 5.75 Å². The number of rotatable bonds is 1. The number of thiocarbonyl (C=S) groups is 1. The topological polar surface area (TPSA) is 49.8 Å². The monoisotopic (exact) mass is 290 g/mol. The van der Waals surface area contributed by atoms with Crippen LogP contribution in [0.4, 0.5) is 0 Å². The number of aliphatic carboxylic acids is 1. The van der Waals surface area contributed by atoms with E-state index in [9.17, 15) is 4.79 Å². The van der Waals surface area contributed by atoms with Gasteiger partial charge in [0.15, 0.2) is 0 Å². The minimum absolute atomic E-state index is 0. The van der Waals surface area contributed by atoms with Gasteiger partial charge in [-0.05, 0) is 18.3 Å². The summed E-state index contributed by atoms with van der Waals surface area (Å²) in [7, 11) is 0. The molecule has 89 valence electrons. The summed E-state index contributed by atoms with van der Waals surface area (Å²) in [4.78, 5) is 12.8. The summed E-state index contributed by atoms with van der Waals surface area (Å²) in [5, 5.41) is 9.37. The van der Waals surface area contributed by atoms with Crippen molar-refractivity contribution in [1.29, 1.82) is 0 Å². The normalized spacial score (nSPS) is 24.7. The Kier molecular flexibility index (Phi) is 4.23. The molecule has 18 heavy (non-hydrogen) atoms. The standard InChI is InChI=1S/C11H9NO3S2.Na/c13-10(14)7-5-17-9-6-3-1-2-4-8(6)15-11(16)12(7)9;/h1-4,7,9H,5H2,(H,13,14);. The van der Waals surface area contributed by atoms with Crippen LogP contribution in [0, 0.1) is 0 Å². The van der Waals surface area contributed by atoms with Crippen molar-refractivity contribution >= 4 is 64.7 Å². The van der Waals surface area contributed by atoms with Crippen molar-refractivity contribution in [2.75, 3.05) is 5.75 Å². The van der Waals surface area contributed by atoms with Gasteiger partial charge in [0, 0.05) is 40.9 Å². The first-order valence-electron chi connectivity index (χ1n) is 5.12. The number of hydrogen-bond donors (Lipinski definition) is 1. The fourth-order valence-electron chi connectivity index (χ4n) is 2.08. The summed E-state index contributed by atoms with van der Waals surface area (Å²) in [6.07, 6.45) is 0. The van der Waals surface area contributed by atoms with Gasteiger partial charge >= 0.3 is 5.97 Å². The van der Waals surface area contributed by atoms with E-state index in [4.69, 9.17) is 22.1 Å². The molecule has 0 aromatic heterocycles. The first kappa shape index (κ1) is 14.1. The number of carboxylic acid groups (broad SMARTS) is 1. The number of ether oxygens (including phenoxy) is 1. The van der Waals surface area contributed by atoms with E-state index in [2.05, 4.69) is 0 Å². The second-order valence-electron chi connectivity index (χ2n) is 3.85. The Morgan fingerprint density at radius 3 is 2.94 bits per heavy atom. The molecule has 2 atom stereocenters. The maximum absolute atomic E-state index is 11.1. The number of para-hydroxylation sites is 1. The van der Waals surface area contributed by atoms with Crippen molar-refractivity contribution in [3.05, 3.63) is 29.8 Å². The molecular formula is C11H9NNaO3S2. The molecule has 0 amide bonds. The van der Waals surface area contributed by atoms with E-state index in [0.717, 1.165) is 11.3 Å². The molecule has 4 nitrogen and oxygen atoms in total. The summed E-state index contributed by atoms with van der Waals surface area (Å²) in [5.41, 5.74) is 0.995. The Balaban J connectivity index is 0.00000120. The summed E-state index contributed by atoms with van der Waals surface area (Å²) < 4.78 is 5.51. The summed E-state index contributed by atoms with van der Waals surface area (Å²) in [6.45, 7) is 0. The SMILES string of the molecule is O=C(O)C1CSC2c3ccccc3OC(=S)N12.[Na]. The summed E-state index contributed by atoms with van der Waals surface area (Å²) in [5.74, 6) is 0.403. The third-order valence-electron chi connectivity index (χ3n) is 2.88. The van der Waals surface area contributed by atoms with Gasteiger partial charge in [0.1, 0.15) is 17.2 Å². The van der Waals surface area contributed by atoms with Gasteiger partial charge in [0.2, 0.25) is 0 Å². The van der Waals surface area contributed by atoms with E-state index in [1.54, 1.807) is 16.7 Å². The molecule has 0 bridgehead atoms. The Bertz CT molecular complexity index is 511. The zero-order valence-electron chi connectivity index (χ0n) is 9.70. The Labute approximate surface area is 136 Å². The Morgan fingerprint density at radius 1 is 1.50 bits per heavy atom. The molecule has 2 unspecified atom stereocenters. The number of carboxylic acids is 1. The van der Waals surface area contributed by atoms with E-state index in [1.165, 1.54) is 0 Å². The smallest absolute Gasteiger partial charge is 0.327 e. The quantitative estimate of drug-likeness (QED) is 0.624. The van der Waals surface area contributed by atoms with Crippen LogP contribution in [0.3, 0.4) is 0 Å². The molecule has 2 aliphatic heterocycles. The molecule has 2 heterocycles. The third kappa shape index (κ3) is 2.16. The van der Waals surface area contributed by atoms with E-state index < -0.39 is 12.0 Å². The van der Waals surface area contributed by atoms with Gasteiger partial charge in [0.25, 0.3) is 5.17 Å². The molecule has 1 N–H and O–H groups in total. The zero-order valence-corrected chi connectivity index (χ0v) is 13.3. The Morgan fingerprint density at radius 2 is 2.22 bits per heavy atom. The van der Waals surface area contributed by atoms with E-state index in [1.807, 2.05) is 24.3 Å². The van der Waals surface area contributed by atoms with E-state index in [-0.39, 0.29) is 40.1 Å². The maximum atomic E-state index is 11.1. The molecule has 1 aromatic rings. The van der Waals surface area contributed by atoms with Gasteiger partial charge in [0.05, 0.1) is 0 Å². The maximum Gasteiger partial charge on any atom is 0.327 e. The van der Waals surface area contributed by atoms with E-state index >= 15 is 0 Å². The largest absolute Gasteiger partial charge is 0.480 e. The fourth-order valence-corrected chi connectivity index (χ4v) is 3.92. The number of carbonyl (C=O) groups is 1. The molecule has 7 heteroatoms. The van der Waals surface area contributed by atoms with Crippen molar-refractivity contribution in [2.45, 2.75) is 11.4 Å². The van der Waals surface area contributed by atoms with Crippen LogP contribution in [0.2, 0.25) is 0 Å². The van der Waals surface area contributed by atoms with Gasteiger partial charge in [-0.3, -0.25) is 0 Å². The average Bonchev–Trinajstić information content (AvgIpc) is 2.74. The molecule has 3 rings (SSSR count). The van der Waals surface area contributed by atoms with Crippen molar-refractivity contribution in [2.24, 2.45) is 0 Å². The second-order valence-corrected chi connectivity index (χ2v) is 5.32. The molecular weight excluding hydrogens is 281 g/mol. The molecule has 1 fully saturated rings. The van der Waals surface area contributed by atoms with Gasteiger partial charge in [-0.2, -0.15) is 0 Å². The van der Waals surface area contributed by atoms with Crippen molar-refractivity contribution in [3.63, 3.8) is 0 Å². The molecule has 1 aromatic carbocycles. The number of fused-ring (bicyclic) bond motifs is 3. The van der Waals surface area contributed by atoms with Crippen LogP contribution in [0.25, 0.3) is 0 Å². The average molecular weight is 290 g/mol. The summed E-state index contributed by atoms with van der Waals surface area (Å²) >= 11 is 6.73. The first-order chi connectivity index (χ1) is 8.18.